The normalized spacial score (nSPS) is 20.5. The highest BCUT2D eigenvalue weighted by molar-refractivity contribution is 14.0. The second-order valence-corrected chi connectivity index (χ2v) is 9.06. The molecule has 1 fully saturated rings. The van der Waals surface area contributed by atoms with Crippen LogP contribution in [0, 0.1) is 5.92 Å². The van der Waals surface area contributed by atoms with Gasteiger partial charge in [0.25, 0.3) is 0 Å². The Morgan fingerprint density at radius 1 is 1.24 bits per heavy atom. The van der Waals surface area contributed by atoms with E-state index in [1.807, 2.05) is 51.1 Å². The summed E-state index contributed by atoms with van der Waals surface area (Å²) in [6.45, 7) is 7.26. The van der Waals surface area contributed by atoms with Gasteiger partial charge in [-0.05, 0) is 52.2 Å². The molecule has 164 valence electrons. The fraction of sp³-hybridized carbons (Fsp3) is 0.619. The Hall–Kier alpha value is -1.16. The van der Waals surface area contributed by atoms with E-state index in [4.69, 9.17) is 0 Å². The van der Waals surface area contributed by atoms with Crippen molar-refractivity contribution < 1.29 is 9.00 Å². The van der Waals surface area contributed by atoms with Crippen LogP contribution in [0.2, 0.25) is 0 Å². The summed E-state index contributed by atoms with van der Waals surface area (Å²) in [5, 5.41) is 9.75. The van der Waals surface area contributed by atoms with Gasteiger partial charge in [0.15, 0.2) is 5.96 Å². The second kappa shape index (κ2) is 14.0. The molecule has 3 atom stereocenters. The number of aliphatic imine (C=N–C) groups is 1. The summed E-state index contributed by atoms with van der Waals surface area (Å²) in [6.07, 6.45) is 3.83. The number of hydrogen-bond donors (Lipinski definition) is 3. The average Bonchev–Trinajstić information content (AvgIpc) is 2.68. The molecule has 8 heteroatoms. The standard InChI is InChI=1S/C21H34N4O2S.HI/c1-4-22-21(23-13-14-28(27)19-11-6-5-7-12-19)25-18-10-8-9-17(15-18)20(26)24-16(2)3;/h5-7,11-12,16-18H,4,8-10,13-15H2,1-3H3,(H,24,26)(H2,22,23,25);1H. The summed E-state index contributed by atoms with van der Waals surface area (Å²) in [7, 11) is -1.04. The zero-order valence-corrected chi connectivity index (χ0v) is 20.8. The molecule has 0 heterocycles. The Bertz CT molecular complexity index is 670. The molecule has 1 aromatic carbocycles. The van der Waals surface area contributed by atoms with Gasteiger partial charge in [0.2, 0.25) is 5.91 Å². The van der Waals surface area contributed by atoms with Crippen LogP contribution in [-0.2, 0) is 15.6 Å². The maximum absolute atomic E-state index is 12.3. The van der Waals surface area contributed by atoms with Crippen molar-refractivity contribution in [1.82, 2.24) is 16.0 Å². The summed E-state index contributed by atoms with van der Waals surface area (Å²) < 4.78 is 12.3. The minimum absolute atomic E-state index is 0. The predicted octanol–water partition coefficient (Wildman–Crippen LogP) is 3.05. The number of guanidine groups is 1. The summed E-state index contributed by atoms with van der Waals surface area (Å²) in [5.74, 6) is 1.44. The smallest absolute Gasteiger partial charge is 0.223 e. The van der Waals surface area contributed by atoms with Crippen LogP contribution < -0.4 is 16.0 Å². The third-order valence-electron chi connectivity index (χ3n) is 4.71. The van der Waals surface area contributed by atoms with Gasteiger partial charge in [-0.1, -0.05) is 24.6 Å². The van der Waals surface area contributed by atoms with Crippen LogP contribution >= 0.6 is 24.0 Å². The Labute approximate surface area is 194 Å². The highest BCUT2D eigenvalue weighted by Gasteiger charge is 2.28. The minimum atomic E-state index is -1.04. The van der Waals surface area contributed by atoms with Gasteiger partial charge in [0.05, 0.1) is 17.3 Å². The van der Waals surface area contributed by atoms with Gasteiger partial charge in [0.1, 0.15) is 0 Å². The van der Waals surface area contributed by atoms with Crippen LogP contribution in [0.1, 0.15) is 46.5 Å². The molecule has 1 aliphatic carbocycles. The number of hydrogen-bond acceptors (Lipinski definition) is 3. The molecule has 2 rings (SSSR count). The van der Waals surface area contributed by atoms with Crippen LogP contribution in [0.4, 0.5) is 0 Å². The zero-order valence-electron chi connectivity index (χ0n) is 17.6. The molecule has 0 bridgehead atoms. The summed E-state index contributed by atoms with van der Waals surface area (Å²) in [5.41, 5.74) is 0. The van der Waals surface area contributed by atoms with Gasteiger partial charge in [-0.15, -0.1) is 24.0 Å². The van der Waals surface area contributed by atoms with Crippen molar-refractivity contribution in [2.24, 2.45) is 10.9 Å². The number of nitrogens with one attached hydrogen (secondary N) is 3. The summed E-state index contributed by atoms with van der Waals surface area (Å²) in [6, 6.07) is 9.89. The predicted molar refractivity (Wildman–Crippen MR) is 131 cm³/mol. The molecule has 1 amide bonds. The Morgan fingerprint density at radius 3 is 2.62 bits per heavy atom. The van der Waals surface area contributed by atoms with E-state index in [9.17, 15) is 9.00 Å². The molecule has 3 N–H and O–H groups in total. The monoisotopic (exact) mass is 534 g/mol. The first kappa shape index (κ1) is 25.9. The van der Waals surface area contributed by atoms with Crippen molar-refractivity contribution in [3.05, 3.63) is 30.3 Å². The molecule has 1 saturated carbocycles. The van der Waals surface area contributed by atoms with Crippen LogP contribution in [0.15, 0.2) is 40.2 Å². The van der Waals surface area contributed by atoms with Crippen molar-refractivity contribution in [3.8, 4) is 0 Å². The number of rotatable bonds is 8. The molecule has 29 heavy (non-hydrogen) atoms. The van der Waals surface area contributed by atoms with Gasteiger partial charge < -0.3 is 16.0 Å². The molecule has 6 nitrogen and oxygen atoms in total. The van der Waals surface area contributed by atoms with Crippen molar-refractivity contribution in [2.45, 2.75) is 63.4 Å². The van der Waals surface area contributed by atoms with E-state index in [1.54, 1.807) is 0 Å². The molecular weight excluding hydrogens is 499 g/mol. The van der Waals surface area contributed by atoms with Crippen LogP contribution in [0.3, 0.4) is 0 Å². The molecule has 0 spiro atoms. The topological polar surface area (TPSA) is 82.6 Å². The molecule has 0 aromatic heterocycles. The zero-order chi connectivity index (χ0) is 20.4. The van der Waals surface area contributed by atoms with E-state index in [0.717, 1.165) is 43.1 Å². The third kappa shape index (κ3) is 9.46. The number of carbonyl (C=O) groups excluding carboxylic acids is 1. The quantitative estimate of drug-likeness (QED) is 0.272. The van der Waals surface area contributed by atoms with E-state index >= 15 is 0 Å². The van der Waals surface area contributed by atoms with Gasteiger partial charge in [-0.3, -0.25) is 14.0 Å². The lowest BCUT2D eigenvalue weighted by molar-refractivity contribution is -0.126. The van der Waals surface area contributed by atoms with Crippen molar-refractivity contribution in [3.63, 3.8) is 0 Å². The molecule has 0 saturated heterocycles. The average molecular weight is 535 g/mol. The van der Waals surface area contributed by atoms with Gasteiger partial charge >= 0.3 is 0 Å². The lowest BCUT2D eigenvalue weighted by Crippen LogP contribution is -2.47. The Morgan fingerprint density at radius 2 is 1.97 bits per heavy atom. The largest absolute Gasteiger partial charge is 0.357 e. The van der Waals surface area contributed by atoms with E-state index in [1.165, 1.54) is 0 Å². The molecule has 0 aliphatic heterocycles. The van der Waals surface area contributed by atoms with Crippen LogP contribution in [0.25, 0.3) is 0 Å². The SMILES string of the molecule is CCNC(=NCCS(=O)c1ccccc1)NC1CCCC(C(=O)NC(C)C)C1.I. The lowest BCUT2D eigenvalue weighted by Gasteiger charge is -2.30. The highest BCUT2D eigenvalue weighted by atomic mass is 127. The summed E-state index contributed by atoms with van der Waals surface area (Å²) >= 11 is 0. The maximum Gasteiger partial charge on any atom is 0.223 e. The number of amides is 1. The number of halogens is 1. The van der Waals surface area contributed by atoms with Gasteiger partial charge in [0, 0.05) is 35.2 Å². The van der Waals surface area contributed by atoms with Crippen molar-refractivity contribution in [1.29, 1.82) is 0 Å². The van der Waals surface area contributed by atoms with Crippen LogP contribution in [-0.4, -0.2) is 47.0 Å². The Balaban J connectivity index is 0.00000420. The van der Waals surface area contributed by atoms with E-state index in [-0.39, 0.29) is 47.9 Å². The first-order valence-electron chi connectivity index (χ1n) is 10.3. The first-order chi connectivity index (χ1) is 13.5. The van der Waals surface area contributed by atoms with Crippen molar-refractivity contribution >= 4 is 46.6 Å². The lowest BCUT2D eigenvalue weighted by atomic mass is 9.85. The second-order valence-electron chi connectivity index (χ2n) is 7.49. The highest BCUT2D eigenvalue weighted by Crippen LogP contribution is 2.24. The molecule has 0 radical (unpaired) electrons. The van der Waals surface area contributed by atoms with Crippen LogP contribution in [0.5, 0.6) is 0 Å². The minimum Gasteiger partial charge on any atom is -0.357 e. The molecule has 3 unspecified atom stereocenters. The number of benzene rings is 1. The summed E-state index contributed by atoms with van der Waals surface area (Å²) in [4.78, 5) is 17.8. The van der Waals surface area contributed by atoms with Gasteiger partial charge in [-0.25, -0.2) is 0 Å². The van der Waals surface area contributed by atoms with Gasteiger partial charge in [-0.2, -0.15) is 0 Å². The molecule has 1 aromatic rings. The van der Waals surface area contributed by atoms with E-state index in [2.05, 4.69) is 20.9 Å². The molecular formula is C21H35IN4O2S. The van der Waals surface area contributed by atoms with E-state index in [0.29, 0.717) is 12.3 Å². The Kier molecular flexibility index (Phi) is 12.4. The fourth-order valence-corrected chi connectivity index (χ4v) is 4.36. The number of nitrogens with zero attached hydrogens (tertiary/aromatic N) is 1. The van der Waals surface area contributed by atoms with Crippen molar-refractivity contribution in [2.75, 3.05) is 18.8 Å². The number of carbonyl (C=O) groups is 1. The maximum atomic E-state index is 12.3. The fourth-order valence-electron chi connectivity index (χ4n) is 3.41. The first-order valence-corrected chi connectivity index (χ1v) is 11.6. The van der Waals surface area contributed by atoms with E-state index < -0.39 is 10.8 Å². The third-order valence-corrected chi connectivity index (χ3v) is 6.07. The molecule has 1 aliphatic rings.